The molecule has 0 aliphatic carbocycles. The third kappa shape index (κ3) is 3.67. The molecule has 0 aliphatic heterocycles. The predicted octanol–water partition coefficient (Wildman–Crippen LogP) is 0.606. The molecule has 3 nitrogen and oxygen atoms in total. The van der Waals surface area contributed by atoms with Crippen LogP contribution in [0, 0.1) is 0 Å². The second-order valence-electron chi connectivity index (χ2n) is 1.13. The van der Waals surface area contributed by atoms with Gasteiger partial charge in [-0.1, -0.05) is 0 Å². The molecule has 46 valence electrons. The van der Waals surface area contributed by atoms with Crippen LogP contribution in [0.25, 0.3) is 0 Å². The first-order valence-corrected chi connectivity index (χ1v) is 2.88. The zero-order chi connectivity index (χ0) is 6.57. The summed E-state index contributed by atoms with van der Waals surface area (Å²) >= 11 is 0.666. The first kappa shape index (κ1) is 7.49. The molecule has 0 aromatic carbocycles. The van der Waals surface area contributed by atoms with Gasteiger partial charge < -0.3 is 5.32 Å². The van der Waals surface area contributed by atoms with Crippen LogP contribution in [0.4, 0.5) is 4.79 Å². The monoisotopic (exact) mass is 133 g/mol. The molecular weight excluding hydrogens is 126 g/mol. The van der Waals surface area contributed by atoms with E-state index < -0.39 is 0 Å². The van der Waals surface area contributed by atoms with E-state index in [4.69, 9.17) is 0 Å². The first-order chi connectivity index (χ1) is 3.66. The molecule has 0 saturated heterocycles. The topological polar surface area (TPSA) is 46.2 Å². The SMILES string of the molecule is CNC(=O)SC(C)=O. The Morgan fingerprint density at radius 2 is 2.00 bits per heavy atom. The number of nitrogens with one attached hydrogen (secondary N) is 1. The highest BCUT2D eigenvalue weighted by atomic mass is 32.2. The lowest BCUT2D eigenvalue weighted by atomic mass is 10.9. The van der Waals surface area contributed by atoms with Crippen molar-refractivity contribution in [2.45, 2.75) is 6.92 Å². The van der Waals surface area contributed by atoms with Crippen molar-refractivity contribution in [3.8, 4) is 0 Å². The largest absolute Gasteiger partial charge is 0.350 e. The minimum absolute atomic E-state index is 0.190. The van der Waals surface area contributed by atoms with Gasteiger partial charge in [-0.25, -0.2) is 0 Å². The highest BCUT2D eigenvalue weighted by molar-refractivity contribution is 8.26. The molecule has 4 heteroatoms. The summed E-state index contributed by atoms with van der Waals surface area (Å²) < 4.78 is 0. The zero-order valence-corrected chi connectivity index (χ0v) is 5.54. The van der Waals surface area contributed by atoms with Crippen molar-refractivity contribution >= 4 is 22.1 Å². The minimum Gasteiger partial charge on any atom is -0.350 e. The zero-order valence-electron chi connectivity index (χ0n) is 4.72. The molecule has 0 rings (SSSR count). The van der Waals surface area contributed by atoms with Crippen molar-refractivity contribution in [1.82, 2.24) is 5.32 Å². The number of carbonyl (C=O) groups excluding carboxylic acids is 2. The summed E-state index contributed by atoms with van der Waals surface area (Å²) in [5, 5.41) is 1.80. The molecule has 0 radical (unpaired) electrons. The van der Waals surface area contributed by atoms with E-state index in [2.05, 4.69) is 5.32 Å². The summed E-state index contributed by atoms with van der Waals surface area (Å²) in [5.41, 5.74) is 0. The average Bonchev–Trinajstić information content (AvgIpc) is 1.65. The molecule has 0 unspecified atom stereocenters. The molecule has 1 N–H and O–H groups in total. The Morgan fingerprint density at radius 3 is 2.12 bits per heavy atom. The molecule has 0 spiro atoms. The van der Waals surface area contributed by atoms with Crippen LogP contribution < -0.4 is 5.32 Å². The van der Waals surface area contributed by atoms with Crippen LogP contribution in [0.15, 0.2) is 0 Å². The summed E-state index contributed by atoms with van der Waals surface area (Å²) in [6, 6.07) is 0. The second kappa shape index (κ2) is 3.49. The van der Waals surface area contributed by atoms with E-state index in [9.17, 15) is 9.59 Å². The predicted molar refractivity (Wildman–Crippen MR) is 32.7 cm³/mol. The van der Waals surface area contributed by atoms with Gasteiger partial charge in [0.2, 0.25) is 0 Å². The van der Waals surface area contributed by atoms with Crippen LogP contribution in [-0.4, -0.2) is 17.4 Å². The quantitative estimate of drug-likeness (QED) is 0.526. The highest BCUT2D eigenvalue weighted by Gasteiger charge is 2.00. The van der Waals surface area contributed by atoms with Gasteiger partial charge in [0.15, 0.2) is 5.12 Å². The average molecular weight is 133 g/mol. The van der Waals surface area contributed by atoms with Gasteiger partial charge in [-0.2, -0.15) is 0 Å². The lowest BCUT2D eigenvalue weighted by Gasteiger charge is -1.90. The number of hydrogen-bond acceptors (Lipinski definition) is 3. The van der Waals surface area contributed by atoms with Crippen LogP contribution in [0.5, 0.6) is 0 Å². The third-order valence-electron chi connectivity index (χ3n) is 0.441. The van der Waals surface area contributed by atoms with E-state index in [-0.39, 0.29) is 10.4 Å². The van der Waals surface area contributed by atoms with E-state index in [0.717, 1.165) is 0 Å². The van der Waals surface area contributed by atoms with E-state index in [0.29, 0.717) is 11.8 Å². The maximum atomic E-state index is 10.3. The van der Waals surface area contributed by atoms with E-state index >= 15 is 0 Å². The maximum absolute atomic E-state index is 10.3. The molecule has 0 heterocycles. The fraction of sp³-hybridized carbons (Fsp3) is 0.500. The summed E-state index contributed by atoms with van der Waals surface area (Å²) in [6.45, 7) is 1.35. The molecule has 0 atom stereocenters. The van der Waals surface area contributed by atoms with Crippen LogP contribution >= 0.6 is 11.8 Å². The summed E-state index contributed by atoms with van der Waals surface area (Å²) in [5.74, 6) is 0. The van der Waals surface area contributed by atoms with E-state index in [1.54, 1.807) is 0 Å². The van der Waals surface area contributed by atoms with Crippen molar-refractivity contribution in [2.75, 3.05) is 7.05 Å². The van der Waals surface area contributed by atoms with Crippen LogP contribution in [0.3, 0.4) is 0 Å². The normalized spacial score (nSPS) is 8.25. The fourth-order valence-corrected chi connectivity index (χ4v) is 0.545. The minimum atomic E-state index is -0.308. The second-order valence-corrected chi connectivity index (χ2v) is 2.28. The van der Waals surface area contributed by atoms with Crippen LogP contribution in [-0.2, 0) is 4.79 Å². The number of carbonyl (C=O) groups is 2. The van der Waals surface area contributed by atoms with Gasteiger partial charge in [-0.15, -0.1) is 0 Å². The Kier molecular flexibility index (Phi) is 3.26. The lowest BCUT2D eigenvalue weighted by molar-refractivity contribution is -0.109. The summed E-state index contributed by atoms with van der Waals surface area (Å²) in [6.07, 6.45) is 0. The molecule has 0 saturated carbocycles. The van der Waals surface area contributed by atoms with Gasteiger partial charge in [-0.05, 0) is 0 Å². The summed E-state index contributed by atoms with van der Waals surface area (Å²) in [7, 11) is 1.48. The molecule has 0 aliphatic rings. The van der Waals surface area contributed by atoms with E-state index in [1.165, 1.54) is 14.0 Å². The first-order valence-electron chi connectivity index (χ1n) is 2.07. The number of hydrogen-bond donors (Lipinski definition) is 1. The van der Waals surface area contributed by atoms with Crippen molar-refractivity contribution < 1.29 is 9.59 Å². The fourth-order valence-electron chi connectivity index (χ4n) is 0.182. The van der Waals surface area contributed by atoms with Crippen molar-refractivity contribution in [3.63, 3.8) is 0 Å². The van der Waals surface area contributed by atoms with Crippen molar-refractivity contribution in [1.29, 1.82) is 0 Å². The Labute approximate surface area is 51.8 Å². The number of rotatable bonds is 0. The molecular formula is C4H7NO2S. The third-order valence-corrected chi connectivity index (χ3v) is 1.12. The number of amides is 1. The van der Waals surface area contributed by atoms with Gasteiger partial charge in [0, 0.05) is 25.7 Å². The van der Waals surface area contributed by atoms with Crippen molar-refractivity contribution in [2.24, 2.45) is 0 Å². The Morgan fingerprint density at radius 1 is 1.50 bits per heavy atom. The number of thioether (sulfide) groups is 1. The van der Waals surface area contributed by atoms with Crippen LogP contribution in [0.1, 0.15) is 6.92 Å². The Balaban J connectivity index is 3.40. The van der Waals surface area contributed by atoms with Gasteiger partial charge >= 0.3 is 0 Å². The van der Waals surface area contributed by atoms with Crippen molar-refractivity contribution in [3.05, 3.63) is 0 Å². The maximum Gasteiger partial charge on any atom is 0.286 e. The smallest absolute Gasteiger partial charge is 0.286 e. The standard InChI is InChI=1S/C4H7NO2S/c1-3(6)8-4(7)5-2/h1-2H3,(H,5,7). The van der Waals surface area contributed by atoms with E-state index in [1.807, 2.05) is 0 Å². The lowest BCUT2D eigenvalue weighted by Crippen LogP contribution is -2.12. The molecule has 1 amide bonds. The molecule has 0 aromatic heterocycles. The molecule has 0 bridgehead atoms. The summed E-state index contributed by atoms with van der Waals surface area (Å²) in [4.78, 5) is 20.4. The van der Waals surface area contributed by atoms with Gasteiger partial charge in [0.25, 0.3) is 5.24 Å². The molecule has 0 aromatic rings. The molecule has 0 fully saturated rings. The molecule has 8 heavy (non-hydrogen) atoms. The van der Waals surface area contributed by atoms with Gasteiger partial charge in [0.1, 0.15) is 0 Å². The highest BCUT2D eigenvalue weighted by Crippen LogP contribution is 1.99. The Hall–Kier alpha value is -0.510. The van der Waals surface area contributed by atoms with Gasteiger partial charge in [-0.3, -0.25) is 9.59 Å². The van der Waals surface area contributed by atoms with Crippen LogP contribution in [0.2, 0.25) is 0 Å². The van der Waals surface area contributed by atoms with Gasteiger partial charge in [0.05, 0.1) is 0 Å². The Bertz CT molecular complexity index is 113.